The number of aromatic nitrogens is 1. The molecule has 6 heteroatoms. The number of carbonyl (C=O) groups is 1. The lowest BCUT2D eigenvalue weighted by molar-refractivity contribution is -0.123. The van der Waals surface area contributed by atoms with Gasteiger partial charge in [0.2, 0.25) is 0 Å². The number of amides is 1. The van der Waals surface area contributed by atoms with Crippen LogP contribution in [0.4, 0.5) is 0 Å². The Labute approximate surface area is 119 Å². The molecule has 110 valence electrons. The largest absolute Gasteiger partial charge is 0.482 e. The van der Waals surface area contributed by atoms with E-state index in [4.69, 9.17) is 9.47 Å². The van der Waals surface area contributed by atoms with Crippen LogP contribution in [0.15, 0.2) is 24.5 Å². The first-order chi connectivity index (χ1) is 9.84. The maximum absolute atomic E-state index is 11.6. The molecular formula is C14H21N3O3. The number of ether oxygens (including phenoxy) is 2. The summed E-state index contributed by atoms with van der Waals surface area (Å²) in [5, 5.41) is 2.85. The molecule has 0 saturated carbocycles. The Kier molecular flexibility index (Phi) is 6.26. The molecule has 1 saturated heterocycles. The minimum atomic E-state index is -0.101. The van der Waals surface area contributed by atoms with E-state index in [1.54, 1.807) is 24.5 Å². The third-order valence-electron chi connectivity index (χ3n) is 3.08. The molecule has 0 aliphatic carbocycles. The van der Waals surface area contributed by atoms with Gasteiger partial charge in [-0.3, -0.25) is 14.7 Å². The molecule has 0 bridgehead atoms. The highest BCUT2D eigenvalue weighted by molar-refractivity contribution is 5.77. The topological polar surface area (TPSA) is 63.7 Å². The SMILES string of the molecule is O=C(COc1cccnc1)NCCCN1CCOCC1. The third-order valence-corrected chi connectivity index (χ3v) is 3.08. The molecule has 6 nitrogen and oxygen atoms in total. The monoisotopic (exact) mass is 279 g/mol. The van der Waals surface area contributed by atoms with E-state index in [0.717, 1.165) is 39.3 Å². The Hall–Kier alpha value is -1.66. The van der Waals surface area contributed by atoms with Gasteiger partial charge < -0.3 is 14.8 Å². The van der Waals surface area contributed by atoms with Crippen LogP contribution in [0.1, 0.15) is 6.42 Å². The minimum Gasteiger partial charge on any atom is -0.482 e. The molecule has 0 unspecified atom stereocenters. The van der Waals surface area contributed by atoms with Crippen LogP contribution in [-0.4, -0.2) is 61.8 Å². The van der Waals surface area contributed by atoms with Crippen molar-refractivity contribution >= 4 is 5.91 Å². The number of morpholine rings is 1. The lowest BCUT2D eigenvalue weighted by atomic mass is 10.3. The van der Waals surface area contributed by atoms with E-state index in [1.807, 2.05) is 0 Å². The summed E-state index contributed by atoms with van der Waals surface area (Å²) in [5.41, 5.74) is 0. The van der Waals surface area contributed by atoms with Crippen molar-refractivity contribution in [2.45, 2.75) is 6.42 Å². The Bertz CT molecular complexity index is 394. The predicted molar refractivity (Wildman–Crippen MR) is 74.6 cm³/mol. The molecule has 2 heterocycles. The van der Waals surface area contributed by atoms with Gasteiger partial charge in [-0.05, 0) is 25.1 Å². The Morgan fingerprint density at radius 1 is 1.45 bits per heavy atom. The van der Waals surface area contributed by atoms with Crippen LogP contribution in [0.3, 0.4) is 0 Å². The van der Waals surface area contributed by atoms with Gasteiger partial charge in [-0.25, -0.2) is 0 Å². The average Bonchev–Trinajstić information content (AvgIpc) is 2.52. The van der Waals surface area contributed by atoms with E-state index >= 15 is 0 Å². The van der Waals surface area contributed by atoms with Crippen molar-refractivity contribution in [2.75, 3.05) is 46.0 Å². The molecule has 1 fully saturated rings. The maximum Gasteiger partial charge on any atom is 0.257 e. The molecule has 0 atom stereocenters. The van der Waals surface area contributed by atoms with E-state index < -0.39 is 0 Å². The van der Waals surface area contributed by atoms with E-state index in [-0.39, 0.29) is 12.5 Å². The first-order valence-corrected chi connectivity index (χ1v) is 6.94. The number of carbonyl (C=O) groups excluding carboxylic acids is 1. The standard InChI is InChI=1S/C14H21N3O3/c18-14(12-20-13-3-1-4-15-11-13)16-5-2-6-17-7-9-19-10-8-17/h1,3-4,11H,2,5-10,12H2,(H,16,18). The molecule has 0 spiro atoms. The lowest BCUT2D eigenvalue weighted by Crippen LogP contribution is -2.38. The van der Waals surface area contributed by atoms with E-state index in [9.17, 15) is 4.79 Å². The molecule has 2 rings (SSSR count). The van der Waals surface area contributed by atoms with Crippen LogP contribution in [-0.2, 0) is 9.53 Å². The summed E-state index contributed by atoms with van der Waals surface area (Å²) >= 11 is 0. The molecule has 0 aromatic carbocycles. The minimum absolute atomic E-state index is 0.0310. The van der Waals surface area contributed by atoms with E-state index in [1.165, 1.54) is 0 Å². The van der Waals surface area contributed by atoms with Gasteiger partial charge in [-0.1, -0.05) is 0 Å². The second kappa shape index (κ2) is 8.50. The summed E-state index contributed by atoms with van der Waals surface area (Å²) in [7, 11) is 0. The van der Waals surface area contributed by atoms with Crippen LogP contribution in [0.25, 0.3) is 0 Å². The van der Waals surface area contributed by atoms with Crippen molar-refractivity contribution in [1.29, 1.82) is 0 Å². The van der Waals surface area contributed by atoms with Gasteiger partial charge in [-0.2, -0.15) is 0 Å². The van der Waals surface area contributed by atoms with Gasteiger partial charge in [0.15, 0.2) is 6.61 Å². The molecule has 0 radical (unpaired) electrons. The fourth-order valence-electron chi connectivity index (χ4n) is 1.99. The number of hydrogen-bond donors (Lipinski definition) is 1. The smallest absolute Gasteiger partial charge is 0.257 e. The lowest BCUT2D eigenvalue weighted by Gasteiger charge is -2.26. The van der Waals surface area contributed by atoms with Crippen LogP contribution < -0.4 is 10.1 Å². The molecule has 1 aliphatic heterocycles. The van der Waals surface area contributed by atoms with E-state index in [2.05, 4.69) is 15.2 Å². The summed E-state index contributed by atoms with van der Waals surface area (Å²) in [5.74, 6) is 0.506. The summed E-state index contributed by atoms with van der Waals surface area (Å²) in [4.78, 5) is 17.8. The number of pyridine rings is 1. The highest BCUT2D eigenvalue weighted by Gasteiger charge is 2.09. The predicted octanol–water partition coefficient (Wildman–Crippen LogP) is 0.299. The number of hydrogen-bond acceptors (Lipinski definition) is 5. The Balaban J connectivity index is 1.51. The third kappa shape index (κ3) is 5.54. The van der Waals surface area contributed by atoms with Gasteiger partial charge >= 0.3 is 0 Å². The van der Waals surface area contributed by atoms with Crippen LogP contribution in [0.2, 0.25) is 0 Å². The number of nitrogens with one attached hydrogen (secondary N) is 1. The molecule has 20 heavy (non-hydrogen) atoms. The zero-order valence-corrected chi connectivity index (χ0v) is 11.6. The van der Waals surface area contributed by atoms with Gasteiger partial charge in [-0.15, -0.1) is 0 Å². The van der Waals surface area contributed by atoms with Gasteiger partial charge in [0, 0.05) is 25.8 Å². The van der Waals surface area contributed by atoms with Crippen molar-refractivity contribution in [2.24, 2.45) is 0 Å². The molecule has 1 aromatic rings. The van der Waals surface area contributed by atoms with Gasteiger partial charge in [0.25, 0.3) is 5.91 Å². The molecule has 1 N–H and O–H groups in total. The second-order valence-electron chi connectivity index (χ2n) is 4.63. The number of rotatable bonds is 7. The average molecular weight is 279 g/mol. The Morgan fingerprint density at radius 2 is 2.30 bits per heavy atom. The highest BCUT2D eigenvalue weighted by Crippen LogP contribution is 2.05. The van der Waals surface area contributed by atoms with Crippen molar-refractivity contribution in [3.05, 3.63) is 24.5 Å². The van der Waals surface area contributed by atoms with Gasteiger partial charge in [0.1, 0.15) is 5.75 Å². The van der Waals surface area contributed by atoms with Crippen molar-refractivity contribution in [3.63, 3.8) is 0 Å². The quantitative estimate of drug-likeness (QED) is 0.727. The van der Waals surface area contributed by atoms with E-state index in [0.29, 0.717) is 12.3 Å². The van der Waals surface area contributed by atoms with Crippen LogP contribution >= 0.6 is 0 Å². The maximum atomic E-state index is 11.6. The molecule has 1 aromatic heterocycles. The zero-order chi connectivity index (χ0) is 14.0. The summed E-state index contributed by atoms with van der Waals surface area (Å²) in [6, 6.07) is 3.55. The fourth-order valence-corrected chi connectivity index (χ4v) is 1.99. The normalized spacial score (nSPS) is 15.8. The fraction of sp³-hybridized carbons (Fsp3) is 0.571. The van der Waals surface area contributed by atoms with Crippen LogP contribution in [0, 0.1) is 0 Å². The van der Waals surface area contributed by atoms with Crippen molar-refractivity contribution in [3.8, 4) is 5.75 Å². The zero-order valence-electron chi connectivity index (χ0n) is 11.6. The van der Waals surface area contributed by atoms with Crippen molar-refractivity contribution in [1.82, 2.24) is 15.2 Å². The van der Waals surface area contributed by atoms with Crippen LogP contribution in [0.5, 0.6) is 5.75 Å². The summed E-state index contributed by atoms with van der Waals surface area (Å²) in [6.45, 7) is 5.29. The summed E-state index contributed by atoms with van der Waals surface area (Å²) in [6.07, 6.45) is 4.20. The molecule has 1 amide bonds. The molecular weight excluding hydrogens is 258 g/mol. The van der Waals surface area contributed by atoms with Crippen molar-refractivity contribution < 1.29 is 14.3 Å². The first-order valence-electron chi connectivity index (χ1n) is 6.94. The highest BCUT2D eigenvalue weighted by atomic mass is 16.5. The molecule has 1 aliphatic rings. The second-order valence-corrected chi connectivity index (χ2v) is 4.63. The number of nitrogens with zero attached hydrogens (tertiary/aromatic N) is 2. The summed E-state index contributed by atoms with van der Waals surface area (Å²) < 4.78 is 10.6. The Morgan fingerprint density at radius 3 is 3.05 bits per heavy atom. The first kappa shape index (κ1) is 14.7. The van der Waals surface area contributed by atoms with Gasteiger partial charge in [0.05, 0.1) is 19.4 Å².